The minimum absolute atomic E-state index is 0.0349. The molecule has 0 amide bonds. The average molecular weight is 524 g/mol. The smallest absolute Gasteiger partial charge is 0.486 e. The molecule has 196 valence electrons. The molecule has 0 atom stereocenters. The first kappa shape index (κ1) is 26.5. The summed E-state index contributed by atoms with van der Waals surface area (Å²) < 4.78 is 47.0. The highest BCUT2D eigenvalue weighted by Gasteiger charge is 2.31. The molecule has 0 bridgehead atoms. The second-order valence-corrected chi connectivity index (χ2v) is 8.27. The van der Waals surface area contributed by atoms with E-state index >= 15 is 0 Å². The second kappa shape index (κ2) is 11.6. The number of carboxylic acid groups (broad SMARTS) is 1. The molecule has 0 aliphatic carbocycles. The molecule has 0 fully saturated rings. The summed E-state index contributed by atoms with van der Waals surface area (Å²) in [5, 5.41) is 9.11. The normalized spacial score (nSPS) is 11.2. The van der Waals surface area contributed by atoms with Gasteiger partial charge in [-0.15, -0.1) is 13.2 Å². The van der Waals surface area contributed by atoms with Crippen LogP contribution < -0.4 is 14.4 Å². The van der Waals surface area contributed by atoms with Crippen LogP contribution in [0.15, 0.2) is 85.2 Å². The fraction of sp³-hybridized carbons (Fsp3) is 0.179. The van der Waals surface area contributed by atoms with Gasteiger partial charge in [-0.3, -0.25) is 4.98 Å². The molecule has 2 heterocycles. The number of rotatable bonds is 10. The Bertz CT molecular complexity index is 1390. The van der Waals surface area contributed by atoms with Crippen molar-refractivity contribution in [2.75, 3.05) is 11.4 Å². The van der Waals surface area contributed by atoms with Crippen molar-refractivity contribution in [3.8, 4) is 22.8 Å². The topological polar surface area (TPSA) is 84.8 Å². The Morgan fingerprint density at radius 1 is 0.974 bits per heavy atom. The molecule has 0 unspecified atom stereocenters. The first-order valence-corrected chi connectivity index (χ1v) is 11.7. The van der Waals surface area contributed by atoms with Crippen LogP contribution in [0.2, 0.25) is 0 Å². The van der Waals surface area contributed by atoms with Crippen LogP contribution in [0.3, 0.4) is 0 Å². The molecular weight excluding hydrogens is 499 g/mol. The van der Waals surface area contributed by atoms with Gasteiger partial charge in [0.1, 0.15) is 18.1 Å². The zero-order chi connectivity index (χ0) is 27.1. The van der Waals surface area contributed by atoms with Crippen LogP contribution in [0.1, 0.15) is 28.5 Å². The Kier molecular flexibility index (Phi) is 8.10. The maximum atomic E-state index is 12.5. The zero-order valence-electron chi connectivity index (χ0n) is 20.4. The van der Waals surface area contributed by atoms with Crippen molar-refractivity contribution in [3.05, 3.63) is 102 Å². The number of nitrogens with zero attached hydrogens (tertiary/aromatic N) is 3. The molecule has 0 radical (unpaired) electrons. The lowest BCUT2D eigenvalue weighted by Crippen LogP contribution is -2.22. The Balaban J connectivity index is 1.45. The van der Waals surface area contributed by atoms with Gasteiger partial charge in [-0.05, 0) is 61.0 Å². The molecule has 0 saturated heterocycles. The predicted molar refractivity (Wildman–Crippen MR) is 135 cm³/mol. The Morgan fingerprint density at radius 2 is 1.74 bits per heavy atom. The largest absolute Gasteiger partial charge is 0.573 e. The molecule has 2 aromatic carbocycles. The summed E-state index contributed by atoms with van der Waals surface area (Å²) in [6.45, 7) is 3.29. The fourth-order valence-corrected chi connectivity index (χ4v) is 3.79. The van der Waals surface area contributed by atoms with Crippen LogP contribution >= 0.6 is 0 Å². The van der Waals surface area contributed by atoms with Crippen LogP contribution in [-0.2, 0) is 13.2 Å². The number of anilines is 1. The Hall–Kier alpha value is -4.60. The van der Waals surface area contributed by atoms with Gasteiger partial charge < -0.3 is 19.5 Å². The molecule has 7 nitrogen and oxygen atoms in total. The number of benzene rings is 2. The number of ether oxygens (including phenoxy) is 2. The highest BCUT2D eigenvalue weighted by Crippen LogP contribution is 2.27. The molecule has 4 rings (SSSR count). The molecular formula is C28H24F3N3O4. The molecule has 0 spiro atoms. The SMILES string of the molecule is CCN(Cc1cccc(-c2cccc(COc3cncc(C(=O)O)c3)n2)c1)c1ccc(OC(F)(F)F)cc1. The third-order valence-electron chi connectivity index (χ3n) is 5.57. The lowest BCUT2D eigenvalue weighted by Gasteiger charge is -2.24. The minimum atomic E-state index is -4.73. The maximum absolute atomic E-state index is 12.5. The predicted octanol–water partition coefficient (Wildman–Crippen LogP) is 6.35. The summed E-state index contributed by atoms with van der Waals surface area (Å²) in [4.78, 5) is 21.7. The molecule has 38 heavy (non-hydrogen) atoms. The number of carbonyl (C=O) groups is 1. The second-order valence-electron chi connectivity index (χ2n) is 8.27. The summed E-state index contributed by atoms with van der Waals surface area (Å²) in [6, 6.07) is 20.6. The number of pyridine rings is 2. The van der Waals surface area contributed by atoms with Crippen LogP contribution in [0.4, 0.5) is 18.9 Å². The molecule has 10 heteroatoms. The summed E-state index contributed by atoms with van der Waals surface area (Å²) >= 11 is 0. The van der Waals surface area contributed by atoms with Crippen LogP contribution in [0, 0.1) is 0 Å². The van der Waals surface area contributed by atoms with Crippen molar-refractivity contribution in [1.82, 2.24) is 9.97 Å². The Morgan fingerprint density at radius 3 is 2.45 bits per heavy atom. The van der Waals surface area contributed by atoms with E-state index in [0.717, 1.165) is 22.5 Å². The first-order valence-electron chi connectivity index (χ1n) is 11.7. The molecule has 0 aliphatic rings. The van der Waals surface area contributed by atoms with Gasteiger partial charge in [0.25, 0.3) is 0 Å². The highest BCUT2D eigenvalue weighted by molar-refractivity contribution is 5.87. The van der Waals surface area contributed by atoms with Crippen molar-refractivity contribution < 1.29 is 32.5 Å². The molecule has 0 aliphatic heterocycles. The fourth-order valence-electron chi connectivity index (χ4n) is 3.79. The van der Waals surface area contributed by atoms with E-state index in [1.165, 1.54) is 30.6 Å². The van der Waals surface area contributed by atoms with Gasteiger partial charge in [0.15, 0.2) is 0 Å². The quantitative estimate of drug-likeness (QED) is 0.259. The van der Waals surface area contributed by atoms with Crippen LogP contribution in [0.25, 0.3) is 11.3 Å². The van der Waals surface area contributed by atoms with E-state index < -0.39 is 12.3 Å². The van der Waals surface area contributed by atoms with Gasteiger partial charge in [0.2, 0.25) is 0 Å². The van der Waals surface area contributed by atoms with Gasteiger partial charge in [-0.1, -0.05) is 24.3 Å². The maximum Gasteiger partial charge on any atom is 0.573 e. The number of hydrogen-bond donors (Lipinski definition) is 1. The molecule has 4 aromatic rings. The van der Waals surface area contributed by atoms with E-state index in [2.05, 4.69) is 14.7 Å². The van der Waals surface area contributed by atoms with Crippen molar-refractivity contribution >= 4 is 11.7 Å². The minimum Gasteiger partial charge on any atom is -0.486 e. The van der Waals surface area contributed by atoms with Gasteiger partial charge >= 0.3 is 12.3 Å². The van der Waals surface area contributed by atoms with Gasteiger partial charge in [-0.25, -0.2) is 9.78 Å². The van der Waals surface area contributed by atoms with E-state index in [1.54, 1.807) is 12.1 Å². The number of halogens is 3. The number of aromatic carboxylic acids is 1. The van der Waals surface area contributed by atoms with Gasteiger partial charge in [0.05, 0.1) is 23.1 Å². The molecule has 2 aromatic heterocycles. The molecule has 1 N–H and O–H groups in total. The number of hydrogen-bond acceptors (Lipinski definition) is 6. The van der Waals surface area contributed by atoms with Gasteiger partial charge in [0, 0.05) is 30.5 Å². The summed E-state index contributed by atoms with van der Waals surface area (Å²) in [5.41, 5.74) is 4.09. The summed E-state index contributed by atoms with van der Waals surface area (Å²) in [6.07, 6.45) is -2.04. The zero-order valence-corrected chi connectivity index (χ0v) is 20.4. The number of alkyl halides is 3. The lowest BCUT2D eigenvalue weighted by molar-refractivity contribution is -0.274. The lowest BCUT2D eigenvalue weighted by atomic mass is 10.1. The summed E-state index contributed by atoms with van der Waals surface area (Å²) in [7, 11) is 0. The van der Waals surface area contributed by atoms with E-state index in [0.29, 0.717) is 24.5 Å². The van der Waals surface area contributed by atoms with Crippen LogP contribution in [0.5, 0.6) is 11.5 Å². The van der Waals surface area contributed by atoms with Crippen LogP contribution in [-0.4, -0.2) is 34.0 Å². The first-order chi connectivity index (χ1) is 18.2. The van der Waals surface area contributed by atoms with Crippen molar-refractivity contribution in [1.29, 1.82) is 0 Å². The highest BCUT2D eigenvalue weighted by atomic mass is 19.4. The van der Waals surface area contributed by atoms with E-state index in [9.17, 15) is 18.0 Å². The summed E-state index contributed by atoms with van der Waals surface area (Å²) in [5.74, 6) is -1.02. The van der Waals surface area contributed by atoms with E-state index in [1.807, 2.05) is 54.3 Å². The number of carboxylic acids is 1. The van der Waals surface area contributed by atoms with E-state index in [-0.39, 0.29) is 17.9 Å². The number of aromatic nitrogens is 2. The van der Waals surface area contributed by atoms with Gasteiger partial charge in [-0.2, -0.15) is 0 Å². The third-order valence-corrected chi connectivity index (χ3v) is 5.57. The molecule has 0 saturated carbocycles. The van der Waals surface area contributed by atoms with E-state index in [4.69, 9.17) is 9.84 Å². The monoisotopic (exact) mass is 523 g/mol. The van der Waals surface area contributed by atoms with Crippen molar-refractivity contribution in [2.45, 2.75) is 26.4 Å². The third kappa shape index (κ3) is 7.22. The standard InChI is InChI=1S/C28H24F3N3O4/c1-2-34(23-9-11-24(12-10-23)38-28(29,30)31)17-19-5-3-6-20(13-19)26-8-4-7-22(33-26)18-37-25-14-21(27(35)36)15-32-16-25/h3-16H,2,17-18H2,1H3,(H,35,36). The van der Waals surface area contributed by atoms with Crippen molar-refractivity contribution in [2.24, 2.45) is 0 Å². The Labute approximate surface area is 217 Å². The average Bonchev–Trinajstić information content (AvgIpc) is 2.91. The van der Waals surface area contributed by atoms with Crippen molar-refractivity contribution in [3.63, 3.8) is 0 Å².